The molecule has 4 aromatic rings. The predicted molar refractivity (Wildman–Crippen MR) is 188 cm³/mol. The van der Waals surface area contributed by atoms with Gasteiger partial charge in [-0.1, -0.05) is 93.1 Å². The molecule has 7 nitrogen and oxygen atoms in total. The first-order chi connectivity index (χ1) is 23.0. The van der Waals surface area contributed by atoms with Crippen LogP contribution in [0.4, 0.5) is 0 Å². The zero-order valence-electron chi connectivity index (χ0n) is 28.3. The quantitative estimate of drug-likeness (QED) is 0.168. The van der Waals surface area contributed by atoms with Gasteiger partial charge in [0, 0.05) is 37.7 Å². The first-order valence-corrected chi connectivity index (χ1v) is 16.9. The van der Waals surface area contributed by atoms with E-state index in [0.29, 0.717) is 42.0 Å². The number of likely N-dealkylation sites (tertiary alicyclic amines) is 1. The summed E-state index contributed by atoms with van der Waals surface area (Å²) in [6.07, 6.45) is -0.790. The standard InChI is InChI=1S/C41H46N2O5/c1-28-9-8-12-31(23-28)39(44)43(38-35-26-42(27-36(35)38)25-30-10-6-5-7-11-30)21-22-47-33-17-13-29(14-18-33)24-37(40(45)46)48-34-19-15-32(16-20-34)41(2,3)4/h5-20,23,35-38H,21-22,24-27H2,1-4H3,(H,45,46)/t35-,36?,37+,38?/m1/s1. The van der Waals surface area contributed by atoms with E-state index >= 15 is 0 Å². The predicted octanol–water partition coefficient (Wildman–Crippen LogP) is 7.02. The second kappa shape index (κ2) is 14.2. The summed E-state index contributed by atoms with van der Waals surface area (Å²) < 4.78 is 12.0. The van der Waals surface area contributed by atoms with E-state index in [-0.39, 0.29) is 23.8 Å². The zero-order chi connectivity index (χ0) is 33.8. The molecule has 7 heteroatoms. The van der Waals surface area contributed by atoms with E-state index in [1.807, 2.05) is 90.7 Å². The third-order valence-corrected chi connectivity index (χ3v) is 9.58. The van der Waals surface area contributed by atoms with Gasteiger partial charge in [-0.25, -0.2) is 4.79 Å². The van der Waals surface area contributed by atoms with Gasteiger partial charge < -0.3 is 19.5 Å². The minimum atomic E-state index is -1.01. The number of piperidine rings is 1. The lowest BCUT2D eigenvalue weighted by Crippen LogP contribution is -2.41. The molecule has 250 valence electrons. The van der Waals surface area contributed by atoms with Crippen molar-refractivity contribution in [2.75, 3.05) is 26.2 Å². The van der Waals surface area contributed by atoms with Crippen LogP contribution in [-0.4, -0.2) is 65.2 Å². The Bertz CT molecular complexity index is 1690. The van der Waals surface area contributed by atoms with Crippen LogP contribution in [0.1, 0.15) is 53.4 Å². The van der Waals surface area contributed by atoms with E-state index in [1.54, 1.807) is 0 Å². The summed E-state index contributed by atoms with van der Waals surface area (Å²) in [6, 6.07) is 33.7. The molecule has 1 amide bonds. The third-order valence-electron chi connectivity index (χ3n) is 9.58. The summed E-state index contributed by atoms with van der Waals surface area (Å²) in [4.78, 5) is 30.4. The van der Waals surface area contributed by atoms with Crippen LogP contribution in [0.25, 0.3) is 0 Å². The summed E-state index contributed by atoms with van der Waals surface area (Å²) >= 11 is 0. The van der Waals surface area contributed by atoms with Crippen molar-refractivity contribution in [3.05, 3.63) is 131 Å². The highest BCUT2D eigenvalue weighted by Gasteiger charge is 2.59. The number of carboxylic acid groups (broad SMARTS) is 1. The summed E-state index contributed by atoms with van der Waals surface area (Å²) in [6.45, 7) is 12.2. The molecule has 4 atom stereocenters. The zero-order valence-corrected chi connectivity index (χ0v) is 28.3. The molecule has 4 aromatic carbocycles. The third kappa shape index (κ3) is 8.08. The second-order valence-electron chi connectivity index (χ2n) is 14.3. The van der Waals surface area contributed by atoms with Crippen LogP contribution in [0.3, 0.4) is 0 Å². The topological polar surface area (TPSA) is 79.3 Å². The lowest BCUT2D eigenvalue weighted by molar-refractivity contribution is -0.145. The van der Waals surface area contributed by atoms with E-state index in [4.69, 9.17) is 9.47 Å². The van der Waals surface area contributed by atoms with Crippen LogP contribution in [0.5, 0.6) is 11.5 Å². The van der Waals surface area contributed by atoms with Crippen LogP contribution in [0, 0.1) is 18.8 Å². The van der Waals surface area contributed by atoms with Gasteiger partial charge in [0.05, 0.1) is 6.54 Å². The summed E-state index contributed by atoms with van der Waals surface area (Å²) in [7, 11) is 0. The summed E-state index contributed by atoms with van der Waals surface area (Å²) in [5.41, 5.74) is 5.10. The van der Waals surface area contributed by atoms with Crippen molar-refractivity contribution in [2.45, 2.75) is 58.2 Å². The van der Waals surface area contributed by atoms with Gasteiger partial charge in [-0.15, -0.1) is 0 Å². The number of carbonyl (C=O) groups is 2. The van der Waals surface area contributed by atoms with Crippen molar-refractivity contribution in [1.82, 2.24) is 9.80 Å². The summed E-state index contributed by atoms with van der Waals surface area (Å²) in [5.74, 6) is 1.20. The van der Waals surface area contributed by atoms with Gasteiger partial charge in [0.15, 0.2) is 6.10 Å². The molecule has 0 aromatic heterocycles. The Hall–Kier alpha value is -4.62. The number of carbonyl (C=O) groups excluding carboxylic acids is 1. The lowest BCUT2D eigenvalue weighted by atomic mass is 9.87. The highest BCUT2D eigenvalue weighted by atomic mass is 16.5. The Kier molecular flexibility index (Phi) is 9.88. The van der Waals surface area contributed by atoms with E-state index in [2.05, 4.69) is 49.9 Å². The molecule has 1 heterocycles. The van der Waals surface area contributed by atoms with Gasteiger partial charge in [-0.2, -0.15) is 0 Å². The number of ether oxygens (including phenoxy) is 2. The maximum absolute atomic E-state index is 13.8. The van der Waals surface area contributed by atoms with Crippen LogP contribution < -0.4 is 9.47 Å². The first kappa shape index (κ1) is 33.3. The van der Waals surface area contributed by atoms with Crippen molar-refractivity contribution in [1.29, 1.82) is 0 Å². The number of aliphatic carboxylic acids is 1. The smallest absolute Gasteiger partial charge is 0.345 e. The maximum Gasteiger partial charge on any atom is 0.345 e. The largest absolute Gasteiger partial charge is 0.492 e. The average Bonchev–Trinajstić information content (AvgIpc) is 3.55. The van der Waals surface area contributed by atoms with Crippen molar-refractivity contribution in [3.63, 3.8) is 0 Å². The normalized spacial score (nSPS) is 19.3. The minimum absolute atomic E-state index is 0.00486. The molecule has 0 bridgehead atoms. The fourth-order valence-electron chi connectivity index (χ4n) is 6.92. The molecule has 2 fully saturated rings. The van der Waals surface area contributed by atoms with Crippen molar-refractivity contribution >= 4 is 11.9 Å². The molecule has 1 N–H and O–H groups in total. The molecular weight excluding hydrogens is 600 g/mol. The average molecular weight is 647 g/mol. The van der Waals surface area contributed by atoms with Gasteiger partial charge in [0.25, 0.3) is 5.91 Å². The Labute approximate surface area is 284 Å². The molecule has 0 radical (unpaired) electrons. The van der Waals surface area contributed by atoms with E-state index in [0.717, 1.165) is 36.3 Å². The Balaban J connectivity index is 1.05. The molecule has 1 saturated carbocycles. The SMILES string of the molecule is Cc1cccc(C(=O)N(CCOc2ccc(C[C@H](Oc3ccc(C(C)(C)C)cc3)C(=O)O)cc2)C2C3CN(Cc4ccccc4)C[C@H]32)c1. The highest BCUT2D eigenvalue weighted by Crippen LogP contribution is 2.49. The lowest BCUT2D eigenvalue weighted by Gasteiger charge is -2.28. The van der Waals surface area contributed by atoms with Crippen LogP contribution in [-0.2, 0) is 23.2 Å². The molecular formula is C41H46N2O5. The Morgan fingerprint density at radius 2 is 1.52 bits per heavy atom. The fourth-order valence-corrected chi connectivity index (χ4v) is 6.92. The second-order valence-corrected chi connectivity index (χ2v) is 14.3. The Morgan fingerprint density at radius 3 is 2.15 bits per heavy atom. The van der Waals surface area contributed by atoms with Crippen molar-refractivity contribution in [3.8, 4) is 11.5 Å². The molecule has 1 saturated heterocycles. The number of nitrogens with zero attached hydrogens (tertiary/aromatic N) is 2. The van der Waals surface area contributed by atoms with Crippen molar-refractivity contribution < 1.29 is 24.2 Å². The van der Waals surface area contributed by atoms with E-state index in [1.165, 1.54) is 5.56 Å². The first-order valence-electron chi connectivity index (χ1n) is 16.9. The molecule has 2 unspecified atom stereocenters. The molecule has 6 rings (SSSR count). The van der Waals surface area contributed by atoms with Gasteiger partial charge >= 0.3 is 5.97 Å². The molecule has 2 aliphatic rings. The number of fused-ring (bicyclic) bond motifs is 1. The number of hydrogen-bond donors (Lipinski definition) is 1. The van der Waals surface area contributed by atoms with E-state index in [9.17, 15) is 14.7 Å². The van der Waals surface area contributed by atoms with Crippen molar-refractivity contribution in [2.24, 2.45) is 11.8 Å². The number of rotatable bonds is 13. The monoisotopic (exact) mass is 646 g/mol. The highest BCUT2D eigenvalue weighted by molar-refractivity contribution is 5.95. The van der Waals surface area contributed by atoms with E-state index < -0.39 is 12.1 Å². The van der Waals surface area contributed by atoms with Gasteiger partial charge in [0.2, 0.25) is 0 Å². The number of hydrogen-bond acceptors (Lipinski definition) is 5. The maximum atomic E-state index is 13.8. The number of carboxylic acids is 1. The van der Waals surface area contributed by atoms with Gasteiger partial charge in [-0.05, 0) is 77.3 Å². The molecule has 48 heavy (non-hydrogen) atoms. The number of aryl methyl sites for hydroxylation is 1. The minimum Gasteiger partial charge on any atom is -0.492 e. The van der Waals surface area contributed by atoms with Crippen LogP contribution in [0.15, 0.2) is 103 Å². The number of benzene rings is 4. The fraction of sp³-hybridized carbons (Fsp3) is 0.366. The van der Waals surface area contributed by atoms with Crippen LogP contribution in [0.2, 0.25) is 0 Å². The molecule has 1 aliphatic heterocycles. The molecule has 1 aliphatic carbocycles. The number of amides is 1. The summed E-state index contributed by atoms with van der Waals surface area (Å²) in [5, 5.41) is 9.85. The van der Waals surface area contributed by atoms with Gasteiger partial charge in [-0.3, -0.25) is 9.69 Å². The van der Waals surface area contributed by atoms with Gasteiger partial charge in [0.1, 0.15) is 18.1 Å². The van der Waals surface area contributed by atoms with Crippen LogP contribution >= 0.6 is 0 Å². The Morgan fingerprint density at radius 1 is 0.854 bits per heavy atom. The molecule has 0 spiro atoms.